The number of fused-ring (bicyclic) bond motifs is 2. The Balaban J connectivity index is 1.87. The van der Waals surface area contributed by atoms with E-state index in [-0.39, 0.29) is 0 Å². The summed E-state index contributed by atoms with van der Waals surface area (Å²) in [6.07, 6.45) is 1.09. The van der Waals surface area contributed by atoms with Crippen molar-refractivity contribution in [2.24, 2.45) is 23.7 Å². The lowest BCUT2D eigenvalue weighted by atomic mass is 9.82. The van der Waals surface area contributed by atoms with E-state index in [1.165, 1.54) is 26.2 Å². The molecule has 3 heteroatoms. The van der Waals surface area contributed by atoms with Crippen LogP contribution < -0.4 is 0 Å². The number of halogens is 3. The van der Waals surface area contributed by atoms with Gasteiger partial charge in [0.05, 0.1) is 5.92 Å². The molecular weight excluding hydrogens is 189 g/mol. The summed E-state index contributed by atoms with van der Waals surface area (Å²) < 4.78 is 37.0. The number of alkyl halides is 3. The molecule has 2 aliphatic rings. The molecule has 0 aromatic carbocycles. The second-order valence-corrected chi connectivity index (χ2v) is 5.11. The van der Waals surface area contributed by atoms with Crippen molar-refractivity contribution in [2.75, 3.05) is 0 Å². The highest BCUT2D eigenvalue weighted by Crippen LogP contribution is 2.51. The van der Waals surface area contributed by atoms with Crippen molar-refractivity contribution in [1.82, 2.24) is 0 Å². The van der Waals surface area contributed by atoms with Crippen LogP contribution in [-0.4, -0.2) is 6.18 Å². The van der Waals surface area contributed by atoms with Crippen molar-refractivity contribution in [3.8, 4) is 0 Å². The van der Waals surface area contributed by atoms with Crippen LogP contribution in [0.2, 0.25) is 0 Å². The topological polar surface area (TPSA) is 0 Å². The van der Waals surface area contributed by atoms with Crippen LogP contribution in [0.1, 0.15) is 39.0 Å². The Morgan fingerprint density at radius 1 is 1.21 bits per heavy atom. The van der Waals surface area contributed by atoms with E-state index in [1.807, 2.05) is 0 Å². The van der Waals surface area contributed by atoms with E-state index in [1.54, 1.807) is 0 Å². The smallest absolute Gasteiger partial charge is 0.171 e. The molecule has 2 rings (SSSR count). The monoisotopic (exact) mass is 206 g/mol. The van der Waals surface area contributed by atoms with E-state index < -0.39 is 12.1 Å². The fraction of sp³-hybridized carbons (Fsp3) is 1.00. The van der Waals surface area contributed by atoms with E-state index in [0.29, 0.717) is 18.3 Å². The molecule has 82 valence electrons. The third-order valence-corrected chi connectivity index (χ3v) is 4.10. The van der Waals surface area contributed by atoms with Crippen molar-refractivity contribution in [3.63, 3.8) is 0 Å². The van der Waals surface area contributed by atoms with Gasteiger partial charge in [-0.1, -0.05) is 13.3 Å². The zero-order valence-electron chi connectivity index (χ0n) is 8.48. The van der Waals surface area contributed by atoms with E-state index in [0.717, 1.165) is 12.3 Å². The van der Waals surface area contributed by atoms with Gasteiger partial charge >= 0.3 is 6.18 Å². The van der Waals surface area contributed by atoms with Crippen LogP contribution in [0.3, 0.4) is 0 Å². The molecule has 2 saturated carbocycles. The minimum absolute atomic E-state index is 0.366. The van der Waals surface area contributed by atoms with Crippen LogP contribution in [0.25, 0.3) is 0 Å². The molecule has 2 aliphatic carbocycles. The molecule has 0 aromatic rings. The Kier molecular flexibility index (Phi) is 2.52. The van der Waals surface area contributed by atoms with Crippen LogP contribution in [0.15, 0.2) is 0 Å². The average Bonchev–Trinajstić information content (AvgIpc) is 2.62. The van der Waals surface area contributed by atoms with Crippen LogP contribution in [0.5, 0.6) is 0 Å². The van der Waals surface area contributed by atoms with E-state index in [9.17, 15) is 13.2 Å². The van der Waals surface area contributed by atoms with Crippen LogP contribution in [-0.2, 0) is 0 Å². The molecule has 0 amide bonds. The molecule has 0 heterocycles. The second-order valence-electron chi connectivity index (χ2n) is 5.11. The Labute approximate surface area is 82.9 Å². The normalized spacial score (nSPS) is 39.0. The van der Waals surface area contributed by atoms with Crippen LogP contribution >= 0.6 is 0 Å². The summed E-state index contributed by atoms with van der Waals surface area (Å²) in [4.78, 5) is 0. The molecule has 0 N–H and O–H groups in total. The SMILES string of the molecule is CC(CC1CC2CCC1C2)C(F)(F)F. The molecule has 0 nitrogen and oxygen atoms in total. The quantitative estimate of drug-likeness (QED) is 0.640. The van der Waals surface area contributed by atoms with Gasteiger partial charge in [0.25, 0.3) is 0 Å². The standard InChI is InChI=1S/C11H17F3/c1-7(11(12,13)14)4-10-6-8-2-3-9(10)5-8/h7-10H,2-6H2,1H3. The van der Waals surface area contributed by atoms with Crippen molar-refractivity contribution in [3.05, 3.63) is 0 Å². The zero-order chi connectivity index (χ0) is 10.3. The van der Waals surface area contributed by atoms with Crippen LogP contribution in [0.4, 0.5) is 13.2 Å². The molecule has 0 spiro atoms. The summed E-state index contributed by atoms with van der Waals surface area (Å²) in [6.45, 7) is 1.33. The number of hydrogen-bond acceptors (Lipinski definition) is 0. The second kappa shape index (κ2) is 3.42. The minimum atomic E-state index is -3.98. The molecule has 4 unspecified atom stereocenters. The molecule has 0 radical (unpaired) electrons. The fourth-order valence-corrected chi connectivity index (χ4v) is 3.25. The summed E-state index contributed by atoms with van der Waals surface area (Å²) in [5, 5.41) is 0. The molecular formula is C11H17F3. The van der Waals surface area contributed by atoms with Gasteiger partial charge in [0.15, 0.2) is 0 Å². The Bertz CT molecular complexity index is 209. The molecule has 0 saturated heterocycles. The van der Waals surface area contributed by atoms with Gasteiger partial charge in [-0.25, -0.2) is 0 Å². The van der Waals surface area contributed by atoms with Crippen molar-refractivity contribution in [2.45, 2.75) is 45.2 Å². The van der Waals surface area contributed by atoms with Gasteiger partial charge in [-0.3, -0.25) is 0 Å². The van der Waals surface area contributed by atoms with Gasteiger partial charge in [0.2, 0.25) is 0 Å². The third kappa shape index (κ3) is 1.91. The maximum Gasteiger partial charge on any atom is 0.391 e. The summed E-state index contributed by atoms with van der Waals surface area (Å²) >= 11 is 0. The van der Waals surface area contributed by atoms with Gasteiger partial charge in [0, 0.05) is 0 Å². The molecule has 2 bridgehead atoms. The van der Waals surface area contributed by atoms with Gasteiger partial charge in [0.1, 0.15) is 0 Å². The largest absolute Gasteiger partial charge is 0.391 e. The predicted molar refractivity (Wildman–Crippen MR) is 48.8 cm³/mol. The maximum absolute atomic E-state index is 12.3. The molecule has 4 atom stereocenters. The Hall–Kier alpha value is -0.210. The lowest BCUT2D eigenvalue weighted by Crippen LogP contribution is -2.24. The first kappa shape index (κ1) is 10.3. The minimum Gasteiger partial charge on any atom is -0.171 e. The summed E-state index contributed by atoms with van der Waals surface area (Å²) in [5.74, 6) is 0.632. The average molecular weight is 206 g/mol. The number of hydrogen-bond donors (Lipinski definition) is 0. The van der Waals surface area contributed by atoms with E-state index >= 15 is 0 Å². The lowest BCUT2D eigenvalue weighted by Gasteiger charge is -2.25. The van der Waals surface area contributed by atoms with Gasteiger partial charge in [-0.15, -0.1) is 0 Å². The molecule has 2 fully saturated rings. The first-order valence-corrected chi connectivity index (χ1v) is 5.53. The highest BCUT2D eigenvalue weighted by molar-refractivity contribution is 4.90. The molecule has 0 aliphatic heterocycles. The first-order valence-electron chi connectivity index (χ1n) is 5.53. The van der Waals surface area contributed by atoms with Crippen molar-refractivity contribution in [1.29, 1.82) is 0 Å². The number of rotatable bonds is 2. The maximum atomic E-state index is 12.3. The van der Waals surface area contributed by atoms with E-state index in [4.69, 9.17) is 0 Å². The van der Waals surface area contributed by atoms with Gasteiger partial charge in [-0.05, 0) is 43.4 Å². The first-order chi connectivity index (χ1) is 6.47. The molecule has 14 heavy (non-hydrogen) atoms. The third-order valence-electron chi connectivity index (χ3n) is 4.10. The summed E-state index contributed by atoms with van der Waals surface area (Å²) in [5.41, 5.74) is 0. The van der Waals surface area contributed by atoms with Crippen molar-refractivity contribution >= 4 is 0 Å². The van der Waals surface area contributed by atoms with Gasteiger partial charge < -0.3 is 0 Å². The lowest BCUT2D eigenvalue weighted by molar-refractivity contribution is -0.174. The van der Waals surface area contributed by atoms with Crippen LogP contribution in [0, 0.1) is 23.7 Å². The molecule has 0 aromatic heterocycles. The van der Waals surface area contributed by atoms with Crippen molar-refractivity contribution < 1.29 is 13.2 Å². The predicted octanol–water partition coefficient (Wildman–Crippen LogP) is 4.01. The van der Waals surface area contributed by atoms with Gasteiger partial charge in [-0.2, -0.15) is 13.2 Å². The highest BCUT2D eigenvalue weighted by atomic mass is 19.4. The summed E-state index contributed by atoms with van der Waals surface area (Å²) in [7, 11) is 0. The highest BCUT2D eigenvalue weighted by Gasteiger charge is 2.44. The Morgan fingerprint density at radius 3 is 2.36 bits per heavy atom. The zero-order valence-corrected chi connectivity index (χ0v) is 8.48. The summed E-state index contributed by atoms with van der Waals surface area (Å²) in [6, 6.07) is 0. The van der Waals surface area contributed by atoms with E-state index in [2.05, 4.69) is 0 Å². The fourth-order valence-electron chi connectivity index (χ4n) is 3.25. The Morgan fingerprint density at radius 2 is 1.93 bits per heavy atom.